The van der Waals surface area contributed by atoms with Crippen molar-refractivity contribution in [1.29, 1.82) is 0 Å². The highest BCUT2D eigenvalue weighted by Gasteiger charge is 2.08. The van der Waals surface area contributed by atoms with Crippen LogP contribution in [-0.2, 0) is 0 Å². The van der Waals surface area contributed by atoms with E-state index in [4.69, 9.17) is 16.3 Å². The van der Waals surface area contributed by atoms with E-state index in [9.17, 15) is 4.79 Å². The number of hydrogen-bond donors (Lipinski definition) is 0. The Balaban J connectivity index is 2.12. The molecule has 2 aromatic rings. The van der Waals surface area contributed by atoms with E-state index in [-0.39, 0.29) is 0 Å². The van der Waals surface area contributed by atoms with E-state index in [2.05, 4.69) is 4.98 Å². The molecule has 0 aliphatic carbocycles. The molecule has 0 fully saturated rings. The lowest BCUT2D eigenvalue weighted by Gasteiger charge is -2.03. The molecule has 0 aliphatic rings. The average molecular weight is 234 g/mol. The number of benzene rings is 1. The number of carbonyl (C=O) groups excluding carboxylic acids is 1. The van der Waals surface area contributed by atoms with E-state index in [1.165, 1.54) is 6.20 Å². The summed E-state index contributed by atoms with van der Waals surface area (Å²) in [6.07, 6.45) is 1.38. The zero-order valence-corrected chi connectivity index (χ0v) is 9.02. The first kappa shape index (κ1) is 10.6. The highest BCUT2D eigenvalue weighted by molar-refractivity contribution is 6.29. The molecule has 0 saturated carbocycles. The number of esters is 1. The first-order valence-corrected chi connectivity index (χ1v) is 5.02. The third-order valence-electron chi connectivity index (χ3n) is 1.92. The fourth-order valence-corrected chi connectivity index (χ4v) is 1.26. The maximum Gasteiger partial charge on any atom is 0.345 e. The molecule has 0 aliphatic heterocycles. The molecule has 0 amide bonds. The number of rotatable bonds is 2. The number of nitrogens with zero attached hydrogens (tertiary/aromatic N) is 1. The zero-order valence-electron chi connectivity index (χ0n) is 8.26. The predicted molar refractivity (Wildman–Crippen MR) is 60.6 cm³/mol. The molecule has 1 aromatic heterocycles. The van der Waals surface area contributed by atoms with Crippen LogP contribution in [0.2, 0.25) is 5.15 Å². The summed E-state index contributed by atoms with van der Waals surface area (Å²) in [4.78, 5) is 15.4. The van der Waals surface area contributed by atoms with E-state index in [0.717, 1.165) is 0 Å². The van der Waals surface area contributed by atoms with Crippen LogP contribution in [0.1, 0.15) is 10.4 Å². The fourth-order valence-electron chi connectivity index (χ4n) is 1.15. The van der Waals surface area contributed by atoms with Crippen LogP contribution in [0.5, 0.6) is 5.75 Å². The van der Waals surface area contributed by atoms with E-state index in [1.54, 1.807) is 36.4 Å². The molecule has 0 unspecified atom stereocenters. The molecule has 3 nitrogen and oxygen atoms in total. The Morgan fingerprint density at radius 2 is 1.88 bits per heavy atom. The molecule has 2 rings (SSSR count). The predicted octanol–water partition coefficient (Wildman–Crippen LogP) is 2.95. The van der Waals surface area contributed by atoms with E-state index >= 15 is 0 Å². The van der Waals surface area contributed by atoms with Crippen LogP contribution in [0.4, 0.5) is 0 Å². The second-order valence-corrected chi connectivity index (χ2v) is 3.46. The highest BCUT2D eigenvalue weighted by Crippen LogP contribution is 2.12. The second-order valence-electron chi connectivity index (χ2n) is 3.07. The average Bonchev–Trinajstić information content (AvgIpc) is 2.31. The van der Waals surface area contributed by atoms with Gasteiger partial charge in [-0.3, -0.25) is 0 Å². The Bertz CT molecular complexity index is 482. The molecule has 1 heterocycles. The van der Waals surface area contributed by atoms with Crippen LogP contribution in [0.25, 0.3) is 0 Å². The van der Waals surface area contributed by atoms with Crippen LogP contribution in [0, 0.1) is 0 Å². The lowest BCUT2D eigenvalue weighted by Crippen LogP contribution is -2.08. The molecule has 0 radical (unpaired) electrons. The Morgan fingerprint density at radius 3 is 2.50 bits per heavy atom. The van der Waals surface area contributed by atoms with Crippen molar-refractivity contribution in [1.82, 2.24) is 4.98 Å². The van der Waals surface area contributed by atoms with Crippen molar-refractivity contribution < 1.29 is 9.53 Å². The summed E-state index contributed by atoms with van der Waals surface area (Å²) < 4.78 is 5.12. The van der Waals surface area contributed by atoms with Gasteiger partial charge in [-0.15, -0.1) is 0 Å². The topological polar surface area (TPSA) is 39.2 Å². The Morgan fingerprint density at radius 1 is 1.12 bits per heavy atom. The largest absolute Gasteiger partial charge is 0.423 e. The van der Waals surface area contributed by atoms with Gasteiger partial charge in [0.2, 0.25) is 0 Å². The van der Waals surface area contributed by atoms with Crippen molar-refractivity contribution in [3.05, 3.63) is 59.4 Å². The lowest BCUT2D eigenvalue weighted by molar-refractivity contribution is 0.0734. The number of para-hydroxylation sites is 1. The lowest BCUT2D eigenvalue weighted by atomic mass is 10.3. The molecule has 0 N–H and O–H groups in total. The fraction of sp³-hybridized carbons (Fsp3) is 0. The van der Waals surface area contributed by atoms with E-state index in [1.807, 2.05) is 6.07 Å². The van der Waals surface area contributed by atoms with Crippen LogP contribution in [0.15, 0.2) is 48.7 Å². The Labute approximate surface area is 97.7 Å². The monoisotopic (exact) mass is 233 g/mol. The molecular weight excluding hydrogens is 226 g/mol. The van der Waals surface area contributed by atoms with E-state index in [0.29, 0.717) is 16.5 Å². The first-order valence-electron chi connectivity index (χ1n) is 4.64. The minimum absolute atomic E-state index is 0.344. The normalized spacial score (nSPS) is 9.81. The summed E-state index contributed by atoms with van der Waals surface area (Å²) in [5.74, 6) is 0.0535. The van der Waals surface area contributed by atoms with Crippen molar-refractivity contribution >= 4 is 17.6 Å². The van der Waals surface area contributed by atoms with Gasteiger partial charge in [-0.25, -0.2) is 9.78 Å². The maximum atomic E-state index is 11.6. The Hall–Kier alpha value is -1.87. The minimum Gasteiger partial charge on any atom is -0.423 e. The third kappa shape index (κ3) is 2.58. The summed E-state index contributed by atoms with van der Waals surface area (Å²) in [5, 5.41) is 0.344. The molecule has 0 saturated heterocycles. The van der Waals surface area contributed by atoms with Crippen LogP contribution in [0.3, 0.4) is 0 Å². The summed E-state index contributed by atoms with van der Waals surface area (Å²) in [5.41, 5.74) is 0.369. The smallest absolute Gasteiger partial charge is 0.345 e. The van der Waals surface area contributed by atoms with Gasteiger partial charge in [-0.1, -0.05) is 29.8 Å². The summed E-state index contributed by atoms with van der Waals surface area (Å²) >= 11 is 5.61. The second kappa shape index (κ2) is 4.77. The summed E-state index contributed by atoms with van der Waals surface area (Å²) in [7, 11) is 0. The quantitative estimate of drug-likeness (QED) is 0.455. The molecule has 4 heteroatoms. The van der Waals surface area contributed by atoms with E-state index < -0.39 is 5.97 Å². The highest BCUT2D eigenvalue weighted by atomic mass is 35.5. The summed E-state index contributed by atoms with van der Waals surface area (Å²) in [6, 6.07) is 12.0. The van der Waals surface area contributed by atoms with Crippen LogP contribution in [-0.4, -0.2) is 11.0 Å². The number of pyridine rings is 1. The van der Waals surface area contributed by atoms with Crippen molar-refractivity contribution in [2.75, 3.05) is 0 Å². The van der Waals surface area contributed by atoms with Gasteiger partial charge in [0.05, 0.1) is 5.56 Å². The van der Waals surface area contributed by atoms with Gasteiger partial charge >= 0.3 is 5.97 Å². The SMILES string of the molecule is O=C(Oc1ccccc1)c1ccc(Cl)nc1. The van der Waals surface area contributed by atoms with Gasteiger partial charge in [0, 0.05) is 6.20 Å². The number of ether oxygens (including phenoxy) is 1. The van der Waals surface area contributed by atoms with Crippen LogP contribution < -0.4 is 4.74 Å². The molecule has 0 bridgehead atoms. The van der Waals surface area contributed by atoms with Gasteiger partial charge < -0.3 is 4.74 Å². The van der Waals surface area contributed by atoms with Crippen LogP contribution >= 0.6 is 11.6 Å². The standard InChI is InChI=1S/C12H8ClNO2/c13-11-7-6-9(8-14-11)12(15)16-10-4-2-1-3-5-10/h1-8H. The van der Waals surface area contributed by atoms with Gasteiger partial charge in [-0.05, 0) is 24.3 Å². The van der Waals surface area contributed by atoms with Crippen molar-refractivity contribution in [2.45, 2.75) is 0 Å². The molecule has 0 spiro atoms. The first-order chi connectivity index (χ1) is 7.75. The maximum absolute atomic E-state index is 11.6. The number of halogens is 1. The van der Waals surface area contributed by atoms with Gasteiger partial charge in [0.25, 0.3) is 0 Å². The molecule has 0 atom stereocenters. The van der Waals surface area contributed by atoms with Gasteiger partial charge in [0.15, 0.2) is 0 Å². The molecule has 80 valence electrons. The number of hydrogen-bond acceptors (Lipinski definition) is 3. The van der Waals surface area contributed by atoms with Crippen molar-refractivity contribution in [2.24, 2.45) is 0 Å². The summed E-state index contributed by atoms with van der Waals surface area (Å²) in [6.45, 7) is 0. The molecule has 1 aromatic carbocycles. The third-order valence-corrected chi connectivity index (χ3v) is 2.14. The minimum atomic E-state index is -0.449. The number of carbonyl (C=O) groups is 1. The Kier molecular flexibility index (Phi) is 3.17. The molecule has 16 heavy (non-hydrogen) atoms. The zero-order chi connectivity index (χ0) is 11.4. The van der Waals surface area contributed by atoms with Gasteiger partial charge in [0.1, 0.15) is 10.9 Å². The van der Waals surface area contributed by atoms with Crippen molar-refractivity contribution in [3.63, 3.8) is 0 Å². The number of aromatic nitrogens is 1. The van der Waals surface area contributed by atoms with Gasteiger partial charge in [-0.2, -0.15) is 0 Å². The van der Waals surface area contributed by atoms with Crippen molar-refractivity contribution in [3.8, 4) is 5.75 Å². The molecular formula is C12H8ClNO2.